The Morgan fingerprint density at radius 1 is 1.08 bits per heavy atom. The van der Waals surface area contributed by atoms with E-state index in [1.54, 1.807) is 6.07 Å². The molecule has 200 valence electrons. The van der Waals surface area contributed by atoms with E-state index in [0.717, 1.165) is 55.4 Å². The molecule has 0 unspecified atom stereocenters. The van der Waals surface area contributed by atoms with Gasteiger partial charge in [-0.1, -0.05) is 13.8 Å². The average molecular weight is 519 g/mol. The van der Waals surface area contributed by atoms with Gasteiger partial charge in [0.25, 0.3) is 0 Å². The van der Waals surface area contributed by atoms with Crippen molar-refractivity contribution in [2.24, 2.45) is 13.0 Å². The zero-order valence-electron chi connectivity index (χ0n) is 22.5. The molecule has 1 aliphatic heterocycles. The van der Waals surface area contributed by atoms with Crippen LogP contribution in [0.15, 0.2) is 30.3 Å². The van der Waals surface area contributed by atoms with Gasteiger partial charge in [0, 0.05) is 74.6 Å². The summed E-state index contributed by atoms with van der Waals surface area (Å²) in [5.74, 6) is 2.88. The summed E-state index contributed by atoms with van der Waals surface area (Å²) in [7, 11) is 1.92. The second kappa shape index (κ2) is 9.90. The van der Waals surface area contributed by atoms with Crippen molar-refractivity contribution in [2.75, 3.05) is 42.9 Å². The number of benzene rings is 1. The first-order valence-electron chi connectivity index (χ1n) is 13.4. The van der Waals surface area contributed by atoms with Crippen molar-refractivity contribution in [1.29, 1.82) is 0 Å². The monoisotopic (exact) mass is 518 g/mol. The predicted octanol–water partition coefficient (Wildman–Crippen LogP) is 5.33. The molecule has 1 aromatic carbocycles. The maximum absolute atomic E-state index is 15.4. The number of piperazine rings is 1. The van der Waals surface area contributed by atoms with Crippen molar-refractivity contribution in [1.82, 2.24) is 29.6 Å². The Bertz CT molecular complexity index is 1450. The molecule has 1 saturated carbocycles. The molecule has 1 aliphatic carbocycles. The van der Waals surface area contributed by atoms with Crippen LogP contribution in [-0.4, -0.2) is 62.4 Å². The molecule has 0 spiro atoms. The Balaban J connectivity index is 1.29. The zero-order valence-corrected chi connectivity index (χ0v) is 22.5. The molecule has 2 N–H and O–H groups in total. The molecule has 0 amide bonds. The van der Waals surface area contributed by atoms with E-state index in [1.165, 1.54) is 12.8 Å². The van der Waals surface area contributed by atoms with Crippen LogP contribution in [0.25, 0.3) is 10.9 Å². The number of aromatic amines is 1. The molecule has 6 rings (SSSR count). The number of rotatable bonds is 8. The van der Waals surface area contributed by atoms with Crippen LogP contribution in [0.4, 0.5) is 21.8 Å². The Hall–Kier alpha value is -3.66. The molecular formula is C28H35FN8O. The number of nitrogens with one attached hydrogen (secondary N) is 2. The second-order valence-corrected chi connectivity index (χ2v) is 10.9. The quantitative estimate of drug-likeness (QED) is 0.326. The van der Waals surface area contributed by atoms with E-state index in [2.05, 4.69) is 44.1 Å². The van der Waals surface area contributed by atoms with Gasteiger partial charge < -0.3 is 19.5 Å². The van der Waals surface area contributed by atoms with Crippen molar-refractivity contribution >= 4 is 28.4 Å². The molecule has 2 aliphatic rings. The van der Waals surface area contributed by atoms with Gasteiger partial charge in [-0.2, -0.15) is 15.1 Å². The first-order valence-corrected chi connectivity index (χ1v) is 13.4. The van der Waals surface area contributed by atoms with E-state index in [0.29, 0.717) is 28.9 Å². The molecule has 4 heterocycles. The smallest absolute Gasteiger partial charge is 0.326 e. The highest BCUT2D eigenvalue weighted by Crippen LogP contribution is 2.40. The minimum absolute atomic E-state index is 0.0958. The number of halogens is 1. The van der Waals surface area contributed by atoms with Crippen LogP contribution in [-0.2, 0) is 7.05 Å². The van der Waals surface area contributed by atoms with E-state index in [9.17, 15) is 0 Å². The van der Waals surface area contributed by atoms with Crippen LogP contribution < -0.4 is 15.0 Å². The van der Waals surface area contributed by atoms with Crippen molar-refractivity contribution < 1.29 is 9.13 Å². The van der Waals surface area contributed by atoms with Gasteiger partial charge in [-0.05, 0) is 43.9 Å². The van der Waals surface area contributed by atoms with E-state index in [1.807, 2.05) is 42.8 Å². The molecule has 0 radical (unpaired) electrons. The molecular weight excluding hydrogens is 483 g/mol. The fourth-order valence-corrected chi connectivity index (χ4v) is 5.16. The summed E-state index contributed by atoms with van der Waals surface area (Å²) in [6.45, 7) is 11.1. The number of fused-ring (bicyclic) bond motifs is 1. The number of aromatic nitrogens is 5. The third kappa shape index (κ3) is 5.05. The lowest BCUT2D eigenvalue weighted by Crippen LogP contribution is -2.47. The summed E-state index contributed by atoms with van der Waals surface area (Å²) < 4.78 is 23.4. The molecule has 4 aromatic rings. The van der Waals surface area contributed by atoms with Crippen LogP contribution >= 0.6 is 0 Å². The van der Waals surface area contributed by atoms with Crippen LogP contribution in [0.1, 0.15) is 44.0 Å². The normalized spacial score (nSPS) is 16.5. The number of aryl methyl sites for hydroxylation is 2. The summed E-state index contributed by atoms with van der Waals surface area (Å²) in [6, 6.07) is 9.36. The summed E-state index contributed by atoms with van der Waals surface area (Å²) in [5.41, 5.74) is 2.92. The van der Waals surface area contributed by atoms with Crippen LogP contribution in [0.2, 0.25) is 0 Å². The topological polar surface area (TPSA) is 87.1 Å². The fraction of sp³-hybridized carbons (Fsp3) is 0.464. The largest absolute Gasteiger partial charge is 0.421 e. The SMILES string of the molecule is Cc1cc2c(F)c(Oc3nc(Nc4cc(C5CC5)[nH]n4)cc(N4CCN(CC(C)C)CC4)n3)ccc2n1C. The number of H-pyrrole nitrogens is 1. The van der Waals surface area contributed by atoms with Crippen LogP contribution in [0.3, 0.4) is 0 Å². The van der Waals surface area contributed by atoms with Crippen molar-refractivity contribution in [2.45, 2.75) is 39.5 Å². The van der Waals surface area contributed by atoms with Crippen molar-refractivity contribution in [3.63, 3.8) is 0 Å². The lowest BCUT2D eigenvalue weighted by Gasteiger charge is -2.36. The average Bonchev–Trinajstić information content (AvgIpc) is 3.57. The highest BCUT2D eigenvalue weighted by atomic mass is 19.1. The summed E-state index contributed by atoms with van der Waals surface area (Å²) in [6.07, 6.45) is 2.38. The molecule has 10 heteroatoms. The number of hydrogen-bond acceptors (Lipinski definition) is 7. The standard InChI is InChI=1S/C28H35FN8O/c1-17(2)16-36-9-11-37(12-10-36)26-15-24(30-25-14-21(33-34-25)19-5-6-19)31-28(32-26)38-23-8-7-22-20(27(23)29)13-18(3)35(22)4/h7-8,13-15,17,19H,5-6,9-12,16H2,1-4H3,(H2,30,31,32,33,34). The van der Waals surface area contributed by atoms with Crippen molar-refractivity contribution in [3.05, 3.63) is 47.5 Å². The number of nitrogens with zero attached hydrogens (tertiary/aromatic N) is 6. The third-order valence-electron chi connectivity index (χ3n) is 7.45. The maximum Gasteiger partial charge on any atom is 0.326 e. The lowest BCUT2D eigenvalue weighted by atomic mass is 10.2. The molecule has 2 fully saturated rings. The zero-order chi connectivity index (χ0) is 26.4. The molecule has 38 heavy (non-hydrogen) atoms. The van der Waals surface area contributed by atoms with Gasteiger partial charge in [-0.15, -0.1) is 0 Å². The third-order valence-corrected chi connectivity index (χ3v) is 7.45. The number of anilines is 3. The summed E-state index contributed by atoms with van der Waals surface area (Å²) >= 11 is 0. The minimum Gasteiger partial charge on any atom is -0.421 e. The van der Waals surface area contributed by atoms with Crippen molar-refractivity contribution in [3.8, 4) is 11.8 Å². The van der Waals surface area contributed by atoms with Gasteiger partial charge in [0.1, 0.15) is 11.6 Å². The van der Waals surface area contributed by atoms with Gasteiger partial charge in [0.15, 0.2) is 17.4 Å². The Morgan fingerprint density at radius 3 is 2.61 bits per heavy atom. The van der Waals surface area contributed by atoms with Crippen LogP contribution in [0.5, 0.6) is 11.8 Å². The highest BCUT2D eigenvalue weighted by Gasteiger charge is 2.26. The van der Waals surface area contributed by atoms with E-state index in [-0.39, 0.29) is 11.8 Å². The molecule has 9 nitrogen and oxygen atoms in total. The first kappa shape index (κ1) is 24.7. The maximum atomic E-state index is 15.4. The molecule has 0 bridgehead atoms. The van der Waals surface area contributed by atoms with Gasteiger partial charge >= 0.3 is 6.01 Å². The molecule has 1 saturated heterocycles. The Labute approximate surface area is 222 Å². The Morgan fingerprint density at radius 2 is 1.87 bits per heavy atom. The van der Waals surface area contributed by atoms with Gasteiger partial charge in [-0.3, -0.25) is 10.00 Å². The first-order chi connectivity index (χ1) is 18.3. The fourth-order valence-electron chi connectivity index (χ4n) is 5.16. The lowest BCUT2D eigenvalue weighted by molar-refractivity contribution is 0.230. The second-order valence-electron chi connectivity index (χ2n) is 10.9. The van der Waals surface area contributed by atoms with Gasteiger partial charge in [-0.25, -0.2) is 4.39 Å². The summed E-state index contributed by atoms with van der Waals surface area (Å²) in [4.78, 5) is 14.0. The minimum atomic E-state index is -0.418. The molecule has 3 aromatic heterocycles. The summed E-state index contributed by atoms with van der Waals surface area (Å²) in [5, 5.41) is 11.3. The predicted molar refractivity (Wildman–Crippen MR) is 147 cm³/mol. The van der Waals surface area contributed by atoms with Gasteiger partial charge in [0.2, 0.25) is 0 Å². The van der Waals surface area contributed by atoms with E-state index >= 15 is 4.39 Å². The van der Waals surface area contributed by atoms with Gasteiger partial charge in [0.05, 0.1) is 5.52 Å². The van der Waals surface area contributed by atoms with E-state index < -0.39 is 5.82 Å². The number of hydrogen-bond donors (Lipinski definition) is 2. The molecule has 0 atom stereocenters. The van der Waals surface area contributed by atoms with E-state index in [4.69, 9.17) is 9.72 Å². The van der Waals surface area contributed by atoms with Crippen LogP contribution in [0, 0.1) is 18.7 Å². The number of ether oxygens (including phenoxy) is 1. The Kier molecular flexibility index (Phi) is 6.43. The highest BCUT2D eigenvalue weighted by molar-refractivity contribution is 5.83.